The number of likely N-dealkylation sites (tertiary alicyclic amines) is 1. The van der Waals surface area contributed by atoms with Crippen LogP contribution in [-0.4, -0.2) is 51.9 Å². The van der Waals surface area contributed by atoms with Crippen LogP contribution in [0.5, 0.6) is 0 Å². The third-order valence-electron chi connectivity index (χ3n) is 4.49. The topological polar surface area (TPSA) is 60.2 Å². The van der Waals surface area contributed by atoms with Gasteiger partial charge < -0.3 is 14.2 Å². The van der Waals surface area contributed by atoms with Gasteiger partial charge in [0.25, 0.3) is 0 Å². The fourth-order valence-electron chi connectivity index (χ4n) is 3.22. The maximum atomic E-state index is 12.5. The van der Waals surface area contributed by atoms with Crippen LogP contribution in [0, 0.1) is 5.92 Å². The molecule has 20 heavy (non-hydrogen) atoms. The number of nitrogens with zero attached hydrogens (tertiary/aromatic N) is 4. The van der Waals surface area contributed by atoms with E-state index >= 15 is 0 Å². The summed E-state index contributed by atoms with van der Waals surface area (Å²) in [5.74, 6) is 1.98. The first-order valence-electron chi connectivity index (χ1n) is 7.46. The summed E-state index contributed by atoms with van der Waals surface area (Å²) in [5.41, 5.74) is 0. The lowest BCUT2D eigenvalue weighted by molar-refractivity contribution is -0.139. The van der Waals surface area contributed by atoms with Crippen LogP contribution in [0.25, 0.3) is 0 Å². The number of aromatic nitrogens is 3. The highest BCUT2D eigenvalue weighted by molar-refractivity contribution is 5.79. The molecule has 0 bridgehead atoms. The highest BCUT2D eigenvalue weighted by Gasteiger charge is 2.30. The van der Waals surface area contributed by atoms with Crippen LogP contribution in [0.1, 0.15) is 37.4 Å². The Bertz CT molecular complexity index is 459. The molecule has 0 atom stereocenters. The average molecular weight is 278 g/mol. The molecule has 2 fully saturated rings. The number of hydrogen-bond donors (Lipinski definition) is 0. The molecule has 2 aliphatic rings. The predicted molar refractivity (Wildman–Crippen MR) is 73.1 cm³/mol. The van der Waals surface area contributed by atoms with E-state index in [0.717, 1.165) is 57.8 Å². The molecule has 110 valence electrons. The first-order valence-corrected chi connectivity index (χ1v) is 7.46. The number of ether oxygens (including phenoxy) is 1. The van der Waals surface area contributed by atoms with Gasteiger partial charge in [0.05, 0.1) is 0 Å². The Labute approximate surface area is 119 Å². The van der Waals surface area contributed by atoms with E-state index in [-0.39, 0.29) is 5.92 Å². The Morgan fingerprint density at radius 1 is 1.25 bits per heavy atom. The fraction of sp³-hybridized carbons (Fsp3) is 0.786. The molecule has 0 aromatic carbocycles. The minimum absolute atomic E-state index is 0.176. The summed E-state index contributed by atoms with van der Waals surface area (Å²) < 4.78 is 7.31. The number of rotatable bonds is 2. The van der Waals surface area contributed by atoms with Crippen molar-refractivity contribution in [1.82, 2.24) is 19.7 Å². The Kier molecular flexibility index (Phi) is 4.00. The van der Waals surface area contributed by atoms with E-state index in [9.17, 15) is 4.79 Å². The van der Waals surface area contributed by atoms with E-state index in [0.29, 0.717) is 11.8 Å². The molecule has 2 saturated heterocycles. The Hall–Kier alpha value is -1.43. The van der Waals surface area contributed by atoms with E-state index in [1.54, 1.807) is 6.33 Å². The summed E-state index contributed by atoms with van der Waals surface area (Å²) in [7, 11) is 1.98. The van der Waals surface area contributed by atoms with Crippen LogP contribution < -0.4 is 0 Å². The summed E-state index contributed by atoms with van der Waals surface area (Å²) in [6, 6.07) is 0. The van der Waals surface area contributed by atoms with Gasteiger partial charge in [-0.3, -0.25) is 4.79 Å². The molecule has 0 aliphatic carbocycles. The summed E-state index contributed by atoms with van der Waals surface area (Å²) in [4.78, 5) is 14.5. The van der Waals surface area contributed by atoms with Crippen molar-refractivity contribution in [1.29, 1.82) is 0 Å². The van der Waals surface area contributed by atoms with Crippen LogP contribution >= 0.6 is 0 Å². The minimum Gasteiger partial charge on any atom is -0.381 e. The molecular weight excluding hydrogens is 256 g/mol. The van der Waals surface area contributed by atoms with E-state index in [2.05, 4.69) is 10.2 Å². The van der Waals surface area contributed by atoms with Gasteiger partial charge in [0.2, 0.25) is 5.91 Å². The molecule has 0 N–H and O–H groups in total. The molecule has 0 saturated carbocycles. The maximum Gasteiger partial charge on any atom is 0.225 e. The van der Waals surface area contributed by atoms with Gasteiger partial charge in [0.1, 0.15) is 12.2 Å². The van der Waals surface area contributed by atoms with Crippen LogP contribution in [0.4, 0.5) is 0 Å². The zero-order valence-corrected chi connectivity index (χ0v) is 12.0. The monoisotopic (exact) mass is 278 g/mol. The van der Waals surface area contributed by atoms with Gasteiger partial charge in [-0.25, -0.2) is 0 Å². The third-order valence-corrected chi connectivity index (χ3v) is 4.49. The zero-order valence-electron chi connectivity index (χ0n) is 12.0. The van der Waals surface area contributed by atoms with Crippen molar-refractivity contribution < 1.29 is 9.53 Å². The number of carbonyl (C=O) groups is 1. The molecule has 3 rings (SSSR count). The van der Waals surface area contributed by atoms with Gasteiger partial charge in [-0.1, -0.05) is 0 Å². The van der Waals surface area contributed by atoms with Crippen LogP contribution in [0.3, 0.4) is 0 Å². The van der Waals surface area contributed by atoms with Crippen molar-refractivity contribution >= 4 is 5.91 Å². The fourth-order valence-corrected chi connectivity index (χ4v) is 3.22. The molecule has 0 spiro atoms. The number of piperidine rings is 1. The zero-order chi connectivity index (χ0) is 13.9. The second-order valence-electron chi connectivity index (χ2n) is 5.79. The quantitative estimate of drug-likeness (QED) is 0.808. The lowest BCUT2D eigenvalue weighted by atomic mass is 9.93. The van der Waals surface area contributed by atoms with Crippen molar-refractivity contribution in [2.45, 2.75) is 31.6 Å². The molecule has 2 aliphatic heterocycles. The molecule has 6 nitrogen and oxygen atoms in total. The lowest BCUT2D eigenvalue weighted by Gasteiger charge is -2.34. The average Bonchev–Trinajstić information content (AvgIpc) is 2.94. The number of hydrogen-bond acceptors (Lipinski definition) is 4. The Morgan fingerprint density at radius 3 is 2.55 bits per heavy atom. The molecule has 3 heterocycles. The maximum absolute atomic E-state index is 12.5. The summed E-state index contributed by atoms with van der Waals surface area (Å²) in [6.45, 7) is 3.14. The van der Waals surface area contributed by atoms with Crippen molar-refractivity contribution in [2.75, 3.05) is 26.3 Å². The van der Waals surface area contributed by atoms with Crippen LogP contribution in [-0.2, 0) is 16.6 Å². The first kappa shape index (κ1) is 13.5. The molecular formula is C14H22N4O2. The van der Waals surface area contributed by atoms with Gasteiger partial charge in [-0.2, -0.15) is 0 Å². The molecule has 1 amide bonds. The number of aryl methyl sites for hydroxylation is 1. The largest absolute Gasteiger partial charge is 0.381 e. The molecule has 6 heteroatoms. The minimum atomic E-state index is 0.176. The highest BCUT2D eigenvalue weighted by Crippen LogP contribution is 2.28. The first-order chi connectivity index (χ1) is 9.75. The normalized spacial score (nSPS) is 22.1. The molecule has 1 aromatic rings. The number of amides is 1. The summed E-state index contributed by atoms with van der Waals surface area (Å²) in [6.07, 6.45) is 5.47. The lowest BCUT2D eigenvalue weighted by Crippen LogP contribution is -2.43. The number of carbonyl (C=O) groups excluding carboxylic acids is 1. The van der Waals surface area contributed by atoms with Gasteiger partial charge in [0, 0.05) is 45.2 Å². The van der Waals surface area contributed by atoms with Crippen molar-refractivity contribution in [3.05, 3.63) is 12.2 Å². The van der Waals surface area contributed by atoms with Gasteiger partial charge in [-0.15, -0.1) is 10.2 Å². The Morgan fingerprint density at radius 2 is 1.95 bits per heavy atom. The van der Waals surface area contributed by atoms with Crippen LogP contribution in [0.2, 0.25) is 0 Å². The van der Waals surface area contributed by atoms with Gasteiger partial charge >= 0.3 is 0 Å². The standard InChI is InChI=1S/C14H22N4O2/c1-17-10-15-16-13(17)11-2-6-18(7-3-11)14(19)12-4-8-20-9-5-12/h10-12H,2-9H2,1H3. The van der Waals surface area contributed by atoms with E-state index < -0.39 is 0 Å². The molecule has 1 aromatic heterocycles. The SMILES string of the molecule is Cn1cnnc1C1CCN(C(=O)C2CCOCC2)CC1. The summed E-state index contributed by atoms with van der Waals surface area (Å²) >= 11 is 0. The van der Waals surface area contributed by atoms with Crippen molar-refractivity contribution in [3.8, 4) is 0 Å². The third kappa shape index (κ3) is 2.70. The van der Waals surface area contributed by atoms with Crippen LogP contribution in [0.15, 0.2) is 6.33 Å². The van der Waals surface area contributed by atoms with Gasteiger partial charge in [0.15, 0.2) is 0 Å². The van der Waals surface area contributed by atoms with E-state index in [1.165, 1.54) is 0 Å². The second-order valence-corrected chi connectivity index (χ2v) is 5.79. The van der Waals surface area contributed by atoms with Crippen molar-refractivity contribution in [2.24, 2.45) is 13.0 Å². The highest BCUT2D eigenvalue weighted by atomic mass is 16.5. The predicted octanol–water partition coefficient (Wildman–Crippen LogP) is 0.948. The van der Waals surface area contributed by atoms with E-state index in [1.807, 2.05) is 16.5 Å². The smallest absolute Gasteiger partial charge is 0.225 e. The van der Waals surface area contributed by atoms with Gasteiger partial charge in [-0.05, 0) is 25.7 Å². The van der Waals surface area contributed by atoms with Crippen molar-refractivity contribution in [3.63, 3.8) is 0 Å². The second kappa shape index (κ2) is 5.91. The molecule has 0 radical (unpaired) electrons. The molecule has 0 unspecified atom stereocenters. The Balaban J connectivity index is 1.55. The summed E-state index contributed by atoms with van der Waals surface area (Å²) in [5, 5.41) is 8.14. The van der Waals surface area contributed by atoms with E-state index in [4.69, 9.17) is 4.74 Å².